The summed E-state index contributed by atoms with van der Waals surface area (Å²) in [6, 6.07) is 6.37. The molecule has 7 nitrogen and oxygen atoms in total. The van der Waals surface area contributed by atoms with Crippen molar-refractivity contribution >= 4 is 27.3 Å². The predicted molar refractivity (Wildman–Crippen MR) is 101 cm³/mol. The Hall–Kier alpha value is -2.21. The molecule has 0 aliphatic rings. The molecule has 0 heterocycles. The average Bonchev–Trinajstić information content (AvgIpc) is 2.65. The van der Waals surface area contributed by atoms with Crippen LogP contribution in [0.2, 0.25) is 5.02 Å². The Morgan fingerprint density at radius 3 is 2.28 bits per heavy atom. The Morgan fingerprint density at radius 2 is 1.79 bits per heavy atom. The Balaban J connectivity index is 2.29. The monoisotopic (exact) mass is 451 g/mol. The van der Waals surface area contributed by atoms with Crippen LogP contribution in [0.25, 0.3) is 0 Å². The van der Waals surface area contributed by atoms with E-state index in [9.17, 15) is 31.7 Å². The number of sulfonamides is 1. The zero-order valence-corrected chi connectivity index (χ0v) is 16.6. The SMILES string of the molecule is CCN(CC(N)c1ccc(Cl)c(C(F)(F)F)c1)S(=O)(=O)c1ccc([N+](=O)[O-])cc1. The van der Waals surface area contributed by atoms with Crippen molar-refractivity contribution in [3.05, 3.63) is 68.7 Å². The average molecular weight is 452 g/mol. The first-order chi connectivity index (χ1) is 13.4. The highest BCUT2D eigenvalue weighted by Crippen LogP contribution is 2.36. The Kier molecular flexibility index (Phi) is 6.89. The van der Waals surface area contributed by atoms with Gasteiger partial charge in [0.05, 0.1) is 20.4 Å². The summed E-state index contributed by atoms with van der Waals surface area (Å²) in [5, 5.41) is 10.2. The molecule has 2 aromatic rings. The topological polar surface area (TPSA) is 107 Å². The summed E-state index contributed by atoms with van der Waals surface area (Å²) in [5.74, 6) is 0. The molecule has 158 valence electrons. The molecule has 12 heteroatoms. The first-order valence-electron chi connectivity index (χ1n) is 8.24. The van der Waals surface area contributed by atoms with E-state index < -0.39 is 37.8 Å². The van der Waals surface area contributed by atoms with Crippen molar-refractivity contribution in [3.63, 3.8) is 0 Å². The van der Waals surface area contributed by atoms with Crippen LogP contribution in [0, 0.1) is 10.1 Å². The van der Waals surface area contributed by atoms with Gasteiger partial charge in [0.2, 0.25) is 10.0 Å². The molecule has 0 aliphatic carbocycles. The third-order valence-electron chi connectivity index (χ3n) is 4.16. The van der Waals surface area contributed by atoms with Gasteiger partial charge in [0.25, 0.3) is 5.69 Å². The molecule has 0 aliphatic heterocycles. The number of nitro benzene ring substituents is 1. The van der Waals surface area contributed by atoms with E-state index in [0.717, 1.165) is 40.7 Å². The first kappa shape index (κ1) is 23.1. The maximum Gasteiger partial charge on any atom is 0.417 e. The Bertz CT molecular complexity index is 998. The molecule has 0 saturated heterocycles. The standard InChI is InChI=1S/C17H17ClF3N3O4S/c1-2-23(29(27,28)13-6-4-12(5-7-13)24(25)26)10-16(22)11-3-8-15(18)14(9-11)17(19,20)21/h3-9,16H,2,10,22H2,1H3. The van der Waals surface area contributed by atoms with Crippen LogP contribution in [0.5, 0.6) is 0 Å². The quantitative estimate of drug-likeness (QED) is 0.506. The largest absolute Gasteiger partial charge is 0.417 e. The van der Waals surface area contributed by atoms with Gasteiger partial charge in [0, 0.05) is 31.3 Å². The van der Waals surface area contributed by atoms with Crippen molar-refractivity contribution in [1.82, 2.24) is 4.31 Å². The van der Waals surface area contributed by atoms with Gasteiger partial charge in [0.1, 0.15) is 0 Å². The minimum absolute atomic E-state index is 0.00720. The number of halogens is 4. The minimum atomic E-state index is -4.68. The van der Waals surface area contributed by atoms with Crippen LogP contribution >= 0.6 is 11.6 Å². The lowest BCUT2D eigenvalue weighted by Gasteiger charge is -2.24. The van der Waals surface area contributed by atoms with Gasteiger partial charge < -0.3 is 5.73 Å². The van der Waals surface area contributed by atoms with Crippen molar-refractivity contribution in [2.24, 2.45) is 5.73 Å². The van der Waals surface area contributed by atoms with Gasteiger partial charge in [-0.3, -0.25) is 10.1 Å². The van der Waals surface area contributed by atoms with Crippen molar-refractivity contribution in [2.45, 2.75) is 24.0 Å². The number of rotatable bonds is 7. The molecular weight excluding hydrogens is 435 g/mol. The van der Waals surface area contributed by atoms with E-state index in [4.69, 9.17) is 17.3 Å². The lowest BCUT2D eigenvalue weighted by Crippen LogP contribution is -2.37. The number of alkyl halides is 3. The van der Waals surface area contributed by atoms with Gasteiger partial charge in [0.15, 0.2) is 0 Å². The van der Waals surface area contributed by atoms with E-state index in [1.54, 1.807) is 6.92 Å². The molecule has 0 amide bonds. The maximum atomic E-state index is 13.0. The maximum absolute atomic E-state index is 13.0. The summed E-state index contributed by atoms with van der Waals surface area (Å²) >= 11 is 5.59. The van der Waals surface area contributed by atoms with Gasteiger partial charge in [-0.05, 0) is 29.8 Å². The van der Waals surface area contributed by atoms with Crippen LogP contribution in [-0.2, 0) is 16.2 Å². The third kappa shape index (κ3) is 5.24. The summed E-state index contributed by atoms with van der Waals surface area (Å²) in [6.45, 7) is 1.24. The first-order valence-corrected chi connectivity index (χ1v) is 10.1. The van der Waals surface area contributed by atoms with Gasteiger partial charge >= 0.3 is 6.18 Å². The smallest absolute Gasteiger partial charge is 0.323 e. The van der Waals surface area contributed by atoms with E-state index in [0.29, 0.717) is 0 Å². The molecular formula is C17H17ClF3N3O4S. The van der Waals surface area contributed by atoms with Crippen LogP contribution < -0.4 is 5.73 Å². The van der Waals surface area contributed by atoms with Crippen LogP contribution in [0.3, 0.4) is 0 Å². The molecule has 2 N–H and O–H groups in total. The van der Waals surface area contributed by atoms with Crippen LogP contribution in [0.15, 0.2) is 47.4 Å². The lowest BCUT2D eigenvalue weighted by molar-refractivity contribution is -0.384. The number of nitro groups is 1. The van der Waals surface area contributed by atoms with Crippen molar-refractivity contribution in [1.29, 1.82) is 0 Å². The highest BCUT2D eigenvalue weighted by Gasteiger charge is 2.34. The number of likely N-dealkylation sites (N-methyl/N-ethyl adjacent to an activating group) is 1. The molecule has 0 bridgehead atoms. The molecule has 0 aromatic heterocycles. The van der Waals surface area contributed by atoms with Gasteiger partial charge in [-0.1, -0.05) is 24.6 Å². The Labute approximate surface area is 170 Å². The van der Waals surface area contributed by atoms with Crippen molar-refractivity contribution in [3.8, 4) is 0 Å². The normalized spacial score (nSPS) is 13.5. The summed E-state index contributed by atoms with van der Waals surface area (Å²) in [4.78, 5) is 9.86. The van der Waals surface area contributed by atoms with E-state index in [-0.39, 0.29) is 29.2 Å². The zero-order chi connectivity index (χ0) is 22.0. The van der Waals surface area contributed by atoms with Crippen molar-refractivity contribution in [2.75, 3.05) is 13.1 Å². The minimum Gasteiger partial charge on any atom is -0.323 e. The van der Waals surface area contributed by atoms with Gasteiger partial charge in [-0.2, -0.15) is 17.5 Å². The summed E-state index contributed by atoms with van der Waals surface area (Å²) in [7, 11) is -4.06. The second-order valence-corrected chi connectivity index (χ2v) is 8.40. The molecule has 1 atom stereocenters. The fourth-order valence-corrected chi connectivity index (χ4v) is 4.30. The van der Waals surface area contributed by atoms with Gasteiger partial charge in [-0.25, -0.2) is 8.42 Å². The fourth-order valence-electron chi connectivity index (χ4n) is 2.60. The van der Waals surface area contributed by atoms with Crippen LogP contribution in [0.4, 0.5) is 18.9 Å². The second kappa shape index (κ2) is 8.66. The predicted octanol–water partition coefficient (Wildman–Crippen LogP) is 3.98. The molecule has 2 aromatic carbocycles. The number of hydrogen-bond acceptors (Lipinski definition) is 5. The molecule has 0 saturated carbocycles. The number of hydrogen-bond donors (Lipinski definition) is 1. The molecule has 0 spiro atoms. The van der Waals surface area contributed by atoms with Crippen LogP contribution in [-0.4, -0.2) is 30.7 Å². The van der Waals surface area contributed by atoms with Gasteiger partial charge in [-0.15, -0.1) is 0 Å². The molecule has 2 rings (SSSR count). The molecule has 29 heavy (non-hydrogen) atoms. The summed E-state index contributed by atoms with van der Waals surface area (Å²) < 4.78 is 65.7. The highest BCUT2D eigenvalue weighted by atomic mass is 35.5. The van der Waals surface area contributed by atoms with Crippen LogP contribution in [0.1, 0.15) is 24.1 Å². The zero-order valence-electron chi connectivity index (χ0n) is 15.1. The fraction of sp³-hybridized carbons (Fsp3) is 0.294. The summed E-state index contributed by atoms with van der Waals surface area (Å²) in [6.07, 6.45) is -4.68. The van der Waals surface area contributed by atoms with E-state index in [1.165, 1.54) is 6.07 Å². The number of non-ortho nitro benzene ring substituents is 1. The molecule has 0 fully saturated rings. The summed E-state index contributed by atoms with van der Waals surface area (Å²) in [5.41, 5.74) is 4.70. The molecule has 0 radical (unpaired) electrons. The molecule has 1 unspecified atom stereocenters. The van der Waals surface area contributed by atoms with E-state index >= 15 is 0 Å². The number of benzene rings is 2. The lowest BCUT2D eigenvalue weighted by atomic mass is 10.0. The third-order valence-corrected chi connectivity index (χ3v) is 6.45. The number of nitrogens with two attached hydrogens (primary N) is 1. The second-order valence-electron chi connectivity index (χ2n) is 6.05. The van der Waals surface area contributed by atoms with Crippen molar-refractivity contribution < 1.29 is 26.5 Å². The highest BCUT2D eigenvalue weighted by molar-refractivity contribution is 7.89. The number of nitrogens with zero attached hydrogens (tertiary/aromatic N) is 2. The Morgan fingerprint density at radius 1 is 1.21 bits per heavy atom. The van der Waals surface area contributed by atoms with E-state index in [2.05, 4.69) is 0 Å². The van der Waals surface area contributed by atoms with E-state index in [1.807, 2.05) is 0 Å².